The molecular weight excluding hydrogens is 373 g/mol. The summed E-state index contributed by atoms with van der Waals surface area (Å²) in [6, 6.07) is 9.47. The third-order valence-electron chi connectivity index (χ3n) is 4.97. The van der Waals surface area contributed by atoms with Crippen LogP contribution in [0.2, 0.25) is 0 Å². The number of aromatic amines is 1. The second-order valence-electron chi connectivity index (χ2n) is 6.75. The first kappa shape index (κ1) is 18.7. The lowest BCUT2D eigenvalue weighted by molar-refractivity contribution is 0.0964. The fraction of sp³-hybridized carbons (Fsp3) is 0.182. The lowest BCUT2D eigenvalue weighted by atomic mass is 9.99. The molecule has 7 heteroatoms. The fourth-order valence-corrected chi connectivity index (χ4v) is 3.59. The number of carbonyl (C=O) groups excluding carboxylic acids is 1. The van der Waals surface area contributed by atoms with Gasteiger partial charge in [0.05, 0.1) is 18.4 Å². The molecule has 148 valence electrons. The highest BCUT2D eigenvalue weighted by Gasteiger charge is 2.24. The Morgan fingerprint density at radius 2 is 1.93 bits per heavy atom. The van der Waals surface area contributed by atoms with E-state index in [4.69, 9.17) is 9.15 Å². The Hall–Kier alpha value is -3.61. The topological polar surface area (TPSA) is 80.2 Å². The Kier molecular flexibility index (Phi) is 4.58. The van der Waals surface area contributed by atoms with Crippen LogP contribution in [-0.4, -0.2) is 30.3 Å². The molecule has 0 saturated heterocycles. The molecule has 0 bridgehead atoms. The van der Waals surface area contributed by atoms with Gasteiger partial charge < -0.3 is 14.5 Å². The quantitative estimate of drug-likeness (QED) is 0.530. The lowest BCUT2D eigenvalue weighted by Gasteiger charge is -2.09. The zero-order valence-electron chi connectivity index (χ0n) is 16.5. The van der Waals surface area contributed by atoms with Gasteiger partial charge in [-0.2, -0.15) is 5.10 Å². The van der Waals surface area contributed by atoms with E-state index < -0.39 is 0 Å². The SMILES string of the molecule is CNC(=O)c1c(-c2ccc(F)cc2)oc2cc(-c3c(C)n[nH]c3C)c(OC)cc12. The second-order valence-corrected chi connectivity index (χ2v) is 6.75. The number of H-pyrrole nitrogens is 1. The molecule has 0 aliphatic rings. The average Bonchev–Trinajstić information content (AvgIpc) is 3.26. The first-order chi connectivity index (χ1) is 13.9. The van der Waals surface area contributed by atoms with Crippen LogP contribution in [0, 0.1) is 19.7 Å². The number of furan rings is 1. The third kappa shape index (κ3) is 3.04. The molecule has 0 saturated carbocycles. The molecule has 2 aromatic heterocycles. The maximum absolute atomic E-state index is 13.4. The number of carbonyl (C=O) groups is 1. The number of ether oxygens (including phenoxy) is 1. The predicted octanol–water partition coefficient (Wildman–Crippen LogP) is 4.61. The molecule has 0 fully saturated rings. The van der Waals surface area contributed by atoms with Gasteiger partial charge in [0.15, 0.2) is 0 Å². The van der Waals surface area contributed by atoms with Gasteiger partial charge in [-0.1, -0.05) is 0 Å². The van der Waals surface area contributed by atoms with E-state index in [1.54, 1.807) is 32.4 Å². The number of nitrogens with one attached hydrogen (secondary N) is 2. The van der Waals surface area contributed by atoms with Gasteiger partial charge in [0, 0.05) is 34.8 Å². The maximum Gasteiger partial charge on any atom is 0.255 e. The van der Waals surface area contributed by atoms with Crippen LogP contribution in [0.25, 0.3) is 33.4 Å². The van der Waals surface area contributed by atoms with Crippen molar-refractivity contribution < 1.29 is 18.3 Å². The Bertz CT molecular complexity index is 1200. The Balaban J connectivity index is 2.03. The van der Waals surface area contributed by atoms with E-state index in [9.17, 15) is 9.18 Å². The number of benzene rings is 2. The monoisotopic (exact) mass is 393 g/mol. The van der Waals surface area contributed by atoms with Crippen molar-refractivity contribution in [1.82, 2.24) is 15.5 Å². The second kappa shape index (κ2) is 7.09. The van der Waals surface area contributed by atoms with Crippen LogP contribution in [0.5, 0.6) is 5.75 Å². The van der Waals surface area contributed by atoms with Gasteiger partial charge in [-0.15, -0.1) is 0 Å². The van der Waals surface area contributed by atoms with Gasteiger partial charge in [-0.25, -0.2) is 4.39 Å². The largest absolute Gasteiger partial charge is 0.496 e. The summed E-state index contributed by atoms with van der Waals surface area (Å²) in [7, 11) is 3.13. The smallest absolute Gasteiger partial charge is 0.255 e. The van der Waals surface area contributed by atoms with Crippen LogP contribution < -0.4 is 10.1 Å². The van der Waals surface area contributed by atoms with Gasteiger partial charge in [-0.05, 0) is 50.2 Å². The van der Waals surface area contributed by atoms with Crippen LogP contribution in [0.15, 0.2) is 40.8 Å². The Morgan fingerprint density at radius 3 is 2.52 bits per heavy atom. The van der Waals surface area contributed by atoms with Crippen LogP contribution in [-0.2, 0) is 0 Å². The zero-order chi connectivity index (χ0) is 20.7. The molecule has 2 aromatic carbocycles. The number of hydrogen-bond acceptors (Lipinski definition) is 4. The molecule has 1 amide bonds. The highest BCUT2D eigenvalue weighted by atomic mass is 19.1. The molecule has 0 unspecified atom stereocenters. The van der Waals surface area contributed by atoms with Crippen LogP contribution in [0.4, 0.5) is 4.39 Å². The van der Waals surface area contributed by atoms with Crippen molar-refractivity contribution >= 4 is 16.9 Å². The van der Waals surface area contributed by atoms with Gasteiger partial charge >= 0.3 is 0 Å². The molecule has 0 atom stereocenters. The summed E-state index contributed by atoms with van der Waals surface area (Å²) in [4.78, 5) is 12.7. The summed E-state index contributed by atoms with van der Waals surface area (Å²) in [6.07, 6.45) is 0. The maximum atomic E-state index is 13.4. The number of hydrogen-bond donors (Lipinski definition) is 2. The summed E-state index contributed by atoms with van der Waals surface area (Å²) in [5, 5.41) is 10.5. The highest BCUT2D eigenvalue weighted by molar-refractivity contribution is 6.12. The number of aromatic nitrogens is 2. The van der Waals surface area contributed by atoms with E-state index in [1.807, 2.05) is 19.9 Å². The van der Waals surface area contributed by atoms with Gasteiger partial charge in [0.2, 0.25) is 0 Å². The minimum Gasteiger partial charge on any atom is -0.496 e. The van der Waals surface area contributed by atoms with Crippen molar-refractivity contribution in [3.8, 4) is 28.2 Å². The van der Waals surface area contributed by atoms with Crippen molar-refractivity contribution in [3.63, 3.8) is 0 Å². The standard InChI is InChI=1S/C22H20FN3O3/c1-11-19(12(2)26-25-11)15-10-18-16(9-17(15)28-4)20(22(27)24-3)21(29-18)13-5-7-14(23)8-6-13/h5-10H,1-4H3,(H,24,27)(H,25,26). The highest BCUT2D eigenvalue weighted by Crippen LogP contribution is 2.41. The molecule has 2 N–H and O–H groups in total. The van der Waals surface area contributed by atoms with E-state index >= 15 is 0 Å². The normalized spacial score (nSPS) is 11.1. The van der Waals surface area contributed by atoms with Crippen molar-refractivity contribution in [2.24, 2.45) is 0 Å². The molecule has 4 rings (SSSR count). The number of methoxy groups -OCH3 is 1. The molecule has 29 heavy (non-hydrogen) atoms. The molecular formula is C22H20FN3O3. The van der Waals surface area contributed by atoms with Crippen molar-refractivity contribution in [1.29, 1.82) is 0 Å². The van der Waals surface area contributed by atoms with Crippen molar-refractivity contribution in [2.75, 3.05) is 14.2 Å². The van der Waals surface area contributed by atoms with E-state index in [2.05, 4.69) is 15.5 Å². The molecule has 4 aromatic rings. The van der Waals surface area contributed by atoms with Crippen molar-refractivity contribution in [3.05, 3.63) is 59.2 Å². The first-order valence-corrected chi connectivity index (χ1v) is 9.09. The number of halogens is 1. The molecule has 2 heterocycles. The fourth-order valence-electron chi connectivity index (χ4n) is 3.59. The minimum absolute atomic E-state index is 0.298. The Morgan fingerprint density at radius 1 is 1.21 bits per heavy atom. The summed E-state index contributed by atoms with van der Waals surface area (Å²) in [6.45, 7) is 3.84. The van der Waals surface area contributed by atoms with Gasteiger partial charge in [0.25, 0.3) is 5.91 Å². The summed E-state index contributed by atoms with van der Waals surface area (Å²) in [5.41, 5.74) is 4.97. The number of rotatable bonds is 4. The van der Waals surface area contributed by atoms with E-state index in [1.165, 1.54) is 12.1 Å². The van der Waals surface area contributed by atoms with Crippen LogP contribution in [0.1, 0.15) is 21.7 Å². The average molecular weight is 393 g/mol. The third-order valence-corrected chi connectivity index (χ3v) is 4.97. The lowest BCUT2D eigenvalue weighted by Crippen LogP contribution is -2.18. The molecule has 0 spiro atoms. The van der Waals surface area contributed by atoms with E-state index in [0.717, 1.165) is 22.5 Å². The number of nitrogens with zero attached hydrogens (tertiary/aromatic N) is 1. The summed E-state index contributed by atoms with van der Waals surface area (Å²) in [5.74, 6) is 0.315. The van der Waals surface area contributed by atoms with Crippen LogP contribution >= 0.6 is 0 Å². The number of aryl methyl sites for hydroxylation is 2. The predicted molar refractivity (Wildman–Crippen MR) is 109 cm³/mol. The molecule has 0 aliphatic heterocycles. The van der Waals surface area contributed by atoms with Gasteiger partial charge in [0.1, 0.15) is 22.9 Å². The van der Waals surface area contributed by atoms with Crippen LogP contribution in [0.3, 0.4) is 0 Å². The van der Waals surface area contributed by atoms with E-state index in [-0.39, 0.29) is 11.7 Å². The zero-order valence-corrected chi connectivity index (χ0v) is 16.5. The van der Waals surface area contributed by atoms with Crippen molar-refractivity contribution in [2.45, 2.75) is 13.8 Å². The summed E-state index contributed by atoms with van der Waals surface area (Å²) >= 11 is 0. The summed E-state index contributed by atoms with van der Waals surface area (Å²) < 4.78 is 25.1. The minimum atomic E-state index is -0.360. The number of fused-ring (bicyclic) bond motifs is 1. The first-order valence-electron chi connectivity index (χ1n) is 9.09. The number of amides is 1. The van der Waals surface area contributed by atoms with E-state index in [0.29, 0.717) is 33.6 Å². The Labute approximate surface area is 166 Å². The molecule has 6 nitrogen and oxygen atoms in total. The molecule has 0 radical (unpaired) electrons. The molecule has 0 aliphatic carbocycles. The van der Waals surface area contributed by atoms with Gasteiger partial charge in [-0.3, -0.25) is 9.89 Å².